The van der Waals surface area contributed by atoms with Crippen LogP contribution in [0.2, 0.25) is 0 Å². The summed E-state index contributed by atoms with van der Waals surface area (Å²) in [5.41, 5.74) is 0. The average Bonchev–Trinajstić information content (AvgIpc) is 2.35. The molecule has 3 unspecified atom stereocenters. The molecule has 0 aromatic heterocycles. The minimum atomic E-state index is -0.347. The first-order valence-corrected chi connectivity index (χ1v) is 7.88. The second-order valence-electron chi connectivity index (χ2n) is 5.52. The summed E-state index contributed by atoms with van der Waals surface area (Å²) >= 11 is 1.89. The van der Waals surface area contributed by atoms with Crippen LogP contribution in [0.1, 0.15) is 33.6 Å². The Morgan fingerprint density at radius 2 is 2.11 bits per heavy atom. The fourth-order valence-electron chi connectivity index (χ4n) is 2.70. The first kappa shape index (κ1) is 13.7. The van der Waals surface area contributed by atoms with Gasteiger partial charge in [-0.3, -0.25) is 9.59 Å². The third-order valence-electron chi connectivity index (χ3n) is 3.81. The number of carbonyl (C=O) groups excluding carboxylic acids is 2. The van der Waals surface area contributed by atoms with Crippen molar-refractivity contribution >= 4 is 23.6 Å². The van der Waals surface area contributed by atoms with E-state index in [-0.39, 0.29) is 35.9 Å². The first-order valence-electron chi connectivity index (χ1n) is 6.72. The second-order valence-corrected chi connectivity index (χ2v) is 6.67. The van der Waals surface area contributed by atoms with Crippen LogP contribution in [-0.2, 0) is 9.59 Å². The predicted molar refractivity (Wildman–Crippen MR) is 73.4 cm³/mol. The molecule has 2 aliphatic rings. The molecule has 0 radical (unpaired) electrons. The van der Waals surface area contributed by atoms with Gasteiger partial charge in [-0.1, -0.05) is 13.8 Å². The zero-order valence-corrected chi connectivity index (χ0v) is 12.1. The summed E-state index contributed by atoms with van der Waals surface area (Å²) in [6.45, 7) is 5.79. The molecular weight excluding hydrogens is 248 g/mol. The van der Waals surface area contributed by atoms with Crippen LogP contribution in [0.15, 0.2) is 0 Å². The van der Waals surface area contributed by atoms with Crippen molar-refractivity contribution in [3.63, 3.8) is 0 Å². The zero-order valence-electron chi connectivity index (χ0n) is 11.3. The van der Waals surface area contributed by atoms with Crippen molar-refractivity contribution in [2.24, 2.45) is 5.92 Å². The molecule has 3 atom stereocenters. The lowest BCUT2D eigenvalue weighted by molar-refractivity contribution is -0.152. The summed E-state index contributed by atoms with van der Waals surface area (Å²) in [5.74, 6) is 2.38. The minimum absolute atomic E-state index is 0.0103. The van der Waals surface area contributed by atoms with Crippen LogP contribution >= 0.6 is 11.8 Å². The number of hydrogen-bond donors (Lipinski definition) is 1. The van der Waals surface area contributed by atoms with Crippen molar-refractivity contribution in [1.82, 2.24) is 10.2 Å². The van der Waals surface area contributed by atoms with Crippen LogP contribution in [0, 0.1) is 5.92 Å². The maximum atomic E-state index is 12.5. The molecule has 2 fully saturated rings. The van der Waals surface area contributed by atoms with Gasteiger partial charge in [0.05, 0.1) is 0 Å². The summed E-state index contributed by atoms with van der Waals surface area (Å²) in [7, 11) is 0. The van der Waals surface area contributed by atoms with E-state index in [0.29, 0.717) is 0 Å². The molecule has 2 aliphatic heterocycles. The molecule has 0 aromatic carbocycles. The number of hydrogen-bond acceptors (Lipinski definition) is 3. The summed E-state index contributed by atoms with van der Waals surface area (Å²) in [6.07, 6.45) is 2.17. The number of thioether (sulfide) groups is 1. The summed E-state index contributed by atoms with van der Waals surface area (Å²) in [6, 6.07) is -0.435. The Morgan fingerprint density at radius 1 is 1.39 bits per heavy atom. The molecule has 4 nitrogen and oxygen atoms in total. The second kappa shape index (κ2) is 5.51. The Kier molecular flexibility index (Phi) is 4.20. The highest BCUT2D eigenvalue weighted by Crippen LogP contribution is 2.26. The lowest BCUT2D eigenvalue weighted by Gasteiger charge is -2.44. The van der Waals surface area contributed by atoms with Gasteiger partial charge in [0.1, 0.15) is 12.1 Å². The van der Waals surface area contributed by atoms with Gasteiger partial charge in [-0.25, -0.2) is 0 Å². The fourth-order valence-corrected chi connectivity index (χ4v) is 3.84. The maximum absolute atomic E-state index is 12.5. The van der Waals surface area contributed by atoms with Gasteiger partial charge in [0, 0.05) is 11.8 Å². The molecule has 2 saturated heterocycles. The number of rotatable bonds is 2. The lowest BCUT2D eigenvalue weighted by atomic mass is 9.96. The Labute approximate surface area is 113 Å². The van der Waals surface area contributed by atoms with E-state index < -0.39 is 0 Å². The fraction of sp³-hybridized carbons (Fsp3) is 0.846. The topological polar surface area (TPSA) is 49.4 Å². The standard InChI is InChI=1S/C13H22N2O2S/c1-8(2)11-13(17)15(9(3)12(16)14-11)10-5-4-6-18-7-10/h8-11H,4-7H2,1-3H3,(H,14,16). The van der Waals surface area contributed by atoms with Crippen LogP contribution in [0.25, 0.3) is 0 Å². The van der Waals surface area contributed by atoms with Crippen molar-refractivity contribution in [1.29, 1.82) is 0 Å². The van der Waals surface area contributed by atoms with Crippen molar-refractivity contribution < 1.29 is 9.59 Å². The van der Waals surface area contributed by atoms with E-state index in [1.54, 1.807) is 0 Å². The molecule has 2 amide bonds. The highest BCUT2D eigenvalue weighted by Gasteiger charge is 2.42. The Bertz CT molecular complexity index is 340. The van der Waals surface area contributed by atoms with E-state index in [1.807, 2.05) is 37.4 Å². The molecule has 5 heteroatoms. The minimum Gasteiger partial charge on any atom is -0.342 e. The smallest absolute Gasteiger partial charge is 0.246 e. The molecular formula is C13H22N2O2S. The molecule has 0 bridgehead atoms. The van der Waals surface area contributed by atoms with Gasteiger partial charge in [0.25, 0.3) is 0 Å². The molecule has 0 aromatic rings. The van der Waals surface area contributed by atoms with E-state index in [0.717, 1.165) is 18.6 Å². The van der Waals surface area contributed by atoms with Gasteiger partial charge in [-0.2, -0.15) is 11.8 Å². The lowest BCUT2D eigenvalue weighted by Crippen LogP contribution is -2.66. The third-order valence-corrected chi connectivity index (χ3v) is 5.01. The van der Waals surface area contributed by atoms with Crippen LogP contribution in [0.3, 0.4) is 0 Å². The van der Waals surface area contributed by atoms with Crippen LogP contribution in [0.4, 0.5) is 0 Å². The largest absolute Gasteiger partial charge is 0.342 e. The highest BCUT2D eigenvalue weighted by molar-refractivity contribution is 7.99. The maximum Gasteiger partial charge on any atom is 0.246 e. The van der Waals surface area contributed by atoms with Gasteiger partial charge in [0.15, 0.2) is 0 Å². The van der Waals surface area contributed by atoms with E-state index >= 15 is 0 Å². The number of piperazine rings is 1. The van der Waals surface area contributed by atoms with Crippen molar-refractivity contribution in [2.45, 2.75) is 51.7 Å². The van der Waals surface area contributed by atoms with Crippen molar-refractivity contribution in [3.8, 4) is 0 Å². The molecule has 0 saturated carbocycles. The molecule has 2 rings (SSSR count). The highest BCUT2D eigenvalue weighted by atomic mass is 32.2. The summed E-state index contributed by atoms with van der Waals surface area (Å²) in [4.78, 5) is 26.4. The van der Waals surface area contributed by atoms with Crippen LogP contribution in [-0.4, -0.2) is 46.3 Å². The third kappa shape index (κ3) is 2.51. The Morgan fingerprint density at radius 3 is 2.67 bits per heavy atom. The normalized spacial score (nSPS) is 33.8. The average molecular weight is 270 g/mol. The van der Waals surface area contributed by atoms with Gasteiger partial charge in [-0.15, -0.1) is 0 Å². The quantitative estimate of drug-likeness (QED) is 0.821. The molecule has 0 spiro atoms. The molecule has 102 valence electrons. The van der Waals surface area contributed by atoms with Gasteiger partial charge >= 0.3 is 0 Å². The molecule has 2 heterocycles. The number of nitrogens with zero attached hydrogens (tertiary/aromatic N) is 1. The number of nitrogens with one attached hydrogen (secondary N) is 1. The number of amides is 2. The van der Waals surface area contributed by atoms with Crippen molar-refractivity contribution in [3.05, 3.63) is 0 Å². The van der Waals surface area contributed by atoms with Crippen LogP contribution < -0.4 is 5.32 Å². The van der Waals surface area contributed by atoms with Crippen molar-refractivity contribution in [2.75, 3.05) is 11.5 Å². The predicted octanol–water partition coefficient (Wildman–Crippen LogP) is 1.25. The van der Waals surface area contributed by atoms with E-state index in [2.05, 4.69) is 5.32 Å². The number of carbonyl (C=O) groups is 2. The summed E-state index contributed by atoms with van der Waals surface area (Å²) in [5, 5.41) is 2.85. The molecule has 0 aliphatic carbocycles. The SMILES string of the molecule is CC(C)C1NC(=O)C(C)N(C2CCCSC2)C1=O. The first-order chi connectivity index (χ1) is 8.52. The Balaban J connectivity index is 2.18. The van der Waals surface area contributed by atoms with E-state index in [4.69, 9.17) is 0 Å². The monoisotopic (exact) mass is 270 g/mol. The molecule has 1 N–H and O–H groups in total. The van der Waals surface area contributed by atoms with Crippen LogP contribution in [0.5, 0.6) is 0 Å². The van der Waals surface area contributed by atoms with Gasteiger partial charge in [-0.05, 0) is 31.4 Å². The van der Waals surface area contributed by atoms with E-state index in [9.17, 15) is 9.59 Å². The Hall–Kier alpha value is -0.710. The molecule has 18 heavy (non-hydrogen) atoms. The van der Waals surface area contributed by atoms with Gasteiger partial charge in [0.2, 0.25) is 11.8 Å². The summed E-state index contributed by atoms with van der Waals surface area (Å²) < 4.78 is 0. The van der Waals surface area contributed by atoms with Gasteiger partial charge < -0.3 is 10.2 Å². The zero-order chi connectivity index (χ0) is 13.3. The van der Waals surface area contributed by atoms with E-state index in [1.165, 1.54) is 5.75 Å².